The van der Waals surface area contributed by atoms with Gasteiger partial charge in [-0.2, -0.15) is 0 Å². The molecule has 0 aliphatic carbocycles. The molecule has 1 heterocycles. The van der Waals surface area contributed by atoms with Crippen molar-refractivity contribution >= 4 is 64.1 Å². The Morgan fingerprint density at radius 1 is 1.03 bits per heavy atom. The minimum absolute atomic E-state index is 0.274. The van der Waals surface area contributed by atoms with Crippen LogP contribution in [-0.4, -0.2) is 20.7 Å². The molecule has 0 saturated heterocycles. The number of carbonyl (C=O) groups is 1. The normalized spacial score (nSPS) is 12.1. The van der Waals surface area contributed by atoms with Crippen LogP contribution in [0.5, 0.6) is 0 Å². The summed E-state index contributed by atoms with van der Waals surface area (Å²) in [6.45, 7) is 1.84. The minimum atomic E-state index is -0.353. The van der Waals surface area contributed by atoms with Gasteiger partial charge in [0.15, 0.2) is 11.0 Å². The highest BCUT2D eigenvalue weighted by Crippen LogP contribution is 2.28. The molecule has 3 rings (SSSR count). The summed E-state index contributed by atoms with van der Waals surface area (Å²) in [5.74, 6) is 1.02. The van der Waals surface area contributed by atoms with E-state index < -0.39 is 0 Å². The molecule has 0 aliphatic rings. The maximum absolute atomic E-state index is 12.5. The van der Waals surface area contributed by atoms with Gasteiger partial charge in [0, 0.05) is 18.4 Å². The van der Waals surface area contributed by atoms with Crippen LogP contribution in [0, 0.1) is 0 Å². The molecule has 1 atom stereocenters. The number of aromatic nitrogens is 3. The quantitative estimate of drug-likeness (QED) is 0.418. The zero-order chi connectivity index (χ0) is 21.1. The molecule has 10 heteroatoms. The van der Waals surface area contributed by atoms with Crippen LogP contribution in [0.2, 0.25) is 20.1 Å². The maximum Gasteiger partial charge on any atom is 0.251 e. The van der Waals surface area contributed by atoms with Crippen molar-refractivity contribution in [3.05, 3.63) is 73.4 Å². The number of amides is 1. The third-order valence-electron chi connectivity index (χ3n) is 4.14. The summed E-state index contributed by atoms with van der Waals surface area (Å²) in [4.78, 5) is 12.5. The Kier molecular flexibility index (Phi) is 7.35. The summed E-state index contributed by atoms with van der Waals surface area (Å²) < 4.78 is 1.85. The van der Waals surface area contributed by atoms with Gasteiger partial charge in [-0.05, 0) is 42.8 Å². The molecule has 152 valence electrons. The van der Waals surface area contributed by atoms with Crippen LogP contribution < -0.4 is 5.32 Å². The molecule has 1 aromatic heterocycles. The van der Waals surface area contributed by atoms with Gasteiger partial charge < -0.3 is 9.88 Å². The third-order valence-corrected chi connectivity index (χ3v) is 6.71. The standard InChI is InChI=1S/C19H16Cl4N4OS/c1-10(24-18(28)12-4-6-14(21)16(23)8-12)17-25-26-19(27(17)2)29-9-11-3-5-13(20)15(22)7-11/h3-8,10H,9H2,1-2H3,(H,24,28)/t10-/m1/s1. The van der Waals surface area contributed by atoms with Gasteiger partial charge in [-0.3, -0.25) is 4.79 Å². The molecule has 5 nitrogen and oxygen atoms in total. The van der Waals surface area contributed by atoms with Gasteiger partial charge >= 0.3 is 0 Å². The monoisotopic (exact) mass is 488 g/mol. The first-order valence-corrected chi connectivity index (χ1v) is 11.0. The molecule has 2 aromatic carbocycles. The average Bonchev–Trinajstić information content (AvgIpc) is 3.05. The fourth-order valence-electron chi connectivity index (χ4n) is 2.59. The third kappa shape index (κ3) is 5.38. The van der Waals surface area contributed by atoms with Crippen molar-refractivity contribution in [3.63, 3.8) is 0 Å². The minimum Gasteiger partial charge on any atom is -0.342 e. The van der Waals surface area contributed by atoms with Crippen LogP contribution in [0.4, 0.5) is 0 Å². The zero-order valence-corrected chi connectivity index (χ0v) is 19.3. The largest absolute Gasteiger partial charge is 0.342 e. The summed E-state index contributed by atoms with van der Waals surface area (Å²) in [5, 5.41) is 13.8. The molecule has 1 N–H and O–H groups in total. The fraction of sp³-hybridized carbons (Fsp3) is 0.211. The second-order valence-corrected chi connectivity index (χ2v) is 8.83. The SMILES string of the molecule is C[C@@H](NC(=O)c1ccc(Cl)c(Cl)c1)c1nnc(SCc2ccc(Cl)c(Cl)c2)n1C. The lowest BCUT2D eigenvalue weighted by Gasteiger charge is -2.14. The predicted molar refractivity (Wildman–Crippen MR) is 119 cm³/mol. The molecule has 3 aromatic rings. The van der Waals surface area contributed by atoms with Crippen molar-refractivity contribution in [2.75, 3.05) is 0 Å². The van der Waals surface area contributed by atoms with Gasteiger partial charge in [-0.1, -0.05) is 64.2 Å². The molecule has 0 bridgehead atoms. The number of nitrogens with zero attached hydrogens (tertiary/aromatic N) is 3. The van der Waals surface area contributed by atoms with E-state index in [0.717, 1.165) is 10.7 Å². The van der Waals surface area contributed by atoms with E-state index in [0.29, 0.717) is 37.2 Å². The summed E-state index contributed by atoms with van der Waals surface area (Å²) in [7, 11) is 1.86. The second-order valence-electron chi connectivity index (χ2n) is 6.26. The summed E-state index contributed by atoms with van der Waals surface area (Å²) in [6, 6.07) is 9.89. The fourth-order valence-corrected chi connectivity index (χ4v) is 4.07. The van der Waals surface area contributed by atoms with Gasteiger partial charge in [-0.15, -0.1) is 10.2 Å². The van der Waals surface area contributed by atoms with E-state index in [1.807, 2.05) is 30.7 Å². The van der Waals surface area contributed by atoms with Crippen molar-refractivity contribution in [3.8, 4) is 0 Å². The molecule has 0 aliphatic heterocycles. The van der Waals surface area contributed by atoms with E-state index in [9.17, 15) is 4.79 Å². The smallest absolute Gasteiger partial charge is 0.251 e. The van der Waals surface area contributed by atoms with Crippen LogP contribution >= 0.6 is 58.2 Å². The summed E-state index contributed by atoms with van der Waals surface area (Å²) in [5.41, 5.74) is 1.44. The van der Waals surface area contributed by atoms with Gasteiger partial charge in [0.1, 0.15) is 0 Å². The number of hydrogen-bond acceptors (Lipinski definition) is 4. The molecule has 1 amide bonds. The van der Waals surface area contributed by atoms with E-state index in [1.165, 1.54) is 17.8 Å². The number of rotatable bonds is 6. The summed E-state index contributed by atoms with van der Waals surface area (Å²) in [6.07, 6.45) is 0. The topological polar surface area (TPSA) is 59.8 Å². The van der Waals surface area contributed by atoms with Gasteiger partial charge in [-0.25, -0.2) is 0 Å². The van der Waals surface area contributed by atoms with Gasteiger partial charge in [0.05, 0.1) is 26.1 Å². The predicted octanol–water partition coefficient (Wildman–Crippen LogP) is 6.21. The van der Waals surface area contributed by atoms with Gasteiger partial charge in [0.25, 0.3) is 5.91 Å². The number of carbonyl (C=O) groups excluding carboxylic acids is 1. The number of benzene rings is 2. The number of halogens is 4. The first kappa shape index (κ1) is 22.2. The van der Waals surface area contributed by atoms with E-state index in [2.05, 4.69) is 15.5 Å². The number of hydrogen-bond donors (Lipinski definition) is 1. The van der Waals surface area contributed by atoms with Crippen molar-refractivity contribution < 1.29 is 4.79 Å². The number of nitrogens with one attached hydrogen (secondary N) is 1. The van der Waals surface area contributed by atoms with Crippen LogP contribution in [0.15, 0.2) is 41.6 Å². The molecular formula is C19H16Cl4N4OS. The lowest BCUT2D eigenvalue weighted by Crippen LogP contribution is -2.28. The highest BCUT2D eigenvalue weighted by atomic mass is 35.5. The zero-order valence-electron chi connectivity index (χ0n) is 15.4. The van der Waals surface area contributed by atoms with Crippen LogP contribution in [-0.2, 0) is 12.8 Å². The first-order chi connectivity index (χ1) is 13.8. The maximum atomic E-state index is 12.5. The van der Waals surface area contributed by atoms with Crippen LogP contribution in [0.1, 0.15) is 34.7 Å². The van der Waals surface area contributed by atoms with Crippen molar-refractivity contribution in [2.24, 2.45) is 7.05 Å². The Balaban J connectivity index is 1.66. The molecule has 29 heavy (non-hydrogen) atoms. The van der Waals surface area contributed by atoms with Gasteiger partial charge in [0.2, 0.25) is 0 Å². The van der Waals surface area contributed by atoms with E-state index in [-0.39, 0.29) is 11.9 Å². The van der Waals surface area contributed by atoms with E-state index in [4.69, 9.17) is 46.4 Å². The highest BCUT2D eigenvalue weighted by molar-refractivity contribution is 7.98. The molecule has 0 radical (unpaired) electrons. The van der Waals surface area contributed by atoms with Crippen LogP contribution in [0.25, 0.3) is 0 Å². The second kappa shape index (κ2) is 9.58. The van der Waals surface area contributed by atoms with E-state index >= 15 is 0 Å². The Bertz CT molecular complexity index is 1060. The van der Waals surface area contributed by atoms with E-state index in [1.54, 1.807) is 18.2 Å². The average molecular weight is 490 g/mol. The Morgan fingerprint density at radius 3 is 2.34 bits per heavy atom. The number of thioether (sulfide) groups is 1. The first-order valence-electron chi connectivity index (χ1n) is 8.48. The van der Waals surface area contributed by atoms with Crippen molar-refractivity contribution in [2.45, 2.75) is 23.9 Å². The lowest BCUT2D eigenvalue weighted by molar-refractivity contribution is 0.0937. The Morgan fingerprint density at radius 2 is 1.69 bits per heavy atom. The highest BCUT2D eigenvalue weighted by Gasteiger charge is 2.19. The molecule has 0 fully saturated rings. The Labute approximate surface area is 192 Å². The van der Waals surface area contributed by atoms with Crippen molar-refractivity contribution in [1.29, 1.82) is 0 Å². The summed E-state index contributed by atoms with van der Waals surface area (Å²) >= 11 is 25.4. The Hall–Kier alpha value is -1.44. The lowest BCUT2D eigenvalue weighted by atomic mass is 10.2. The molecular weight excluding hydrogens is 474 g/mol. The molecule has 0 saturated carbocycles. The molecule has 0 spiro atoms. The van der Waals surface area contributed by atoms with Crippen molar-refractivity contribution in [1.82, 2.24) is 20.1 Å². The van der Waals surface area contributed by atoms with Crippen LogP contribution in [0.3, 0.4) is 0 Å². The molecule has 0 unspecified atom stereocenters.